The number of ether oxygens (including phenoxy) is 2. The van der Waals surface area contributed by atoms with Crippen LogP contribution >= 0.6 is 27.3 Å². The number of aryl methyl sites for hydroxylation is 1. The Kier molecular flexibility index (Phi) is 8.63. The molecule has 1 aliphatic heterocycles. The van der Waals surface area contributed by atoms with E-state index in [1.165, 1.54) is 4.90 Å². The van der Waals surface area contributed by atoms with E-state index in [4.69, 9.17) is 9.47 Å². The van der Waals surface area contributed by atoms with Gasteiger partial charge in [0.05, 0.1) is 30.5 Å². The third-order valence-corrected chi connectivity index (χ3v) is 7.64. The molecule has 4 rings (SSSR count). The van der Waals surface area contributed by atoms with Crippen LogP contribution in [0.3, 0.4) is 0 Å². The molecule has 0 bridgehead atoms. The molecule has 1 N–H and O–H groups in total. The molecule has 1 saturated heterocycles. The number of hydrogen-bond acceptors (Lipinski definition) is 8. The number of nitrogens with zero attached hydrogens (tertiary/aromatic N) is 2. The van der Waals surface area contributed by atoms with Gasteiger partial charge in [0.25, 0.3) is 5.78 Å². The predicted molar refractivity (Wildman–Crippen MR) is 149 cm³/mol. The topological polar surface area (TPSA) is 106 Å². The summed E-state index contributed by atoms with van der Waals surface area (Å²) in [5, 5.41) is 11.5. The fraction of sp³-hybridized carbons (Fsp3) is 0.286. The molecule has 0 radical (unpaired) electrons. The van der Waals surface area contributed by atoms with Crippen LogP contribution in [0.1, 0.15) is 59.2 Å². The summed E-state index contributed by atoms with van der Waals surface area (Å²) in [6, 6.07) is 12.9. The summed E-state index contributed by atoms with van der Waals surface area (Å²) in [5.74, 6) is -1.90. The highest BCUT2D eigenvalue weighted by atomic mass is 79.9. The van der Waals surface area contributed by atoms with Gasteiger partial charge in [-0.2, -0.15) is 0 Å². The summed E-state index contributed by atoms with van der Waals surface area (Å²) in [6.45, 7) is 6.19. The number of unbranched alkanes of at least 4 members (excludes halogenated alkanes) is 1. The number of rotatable bonds is 9. The number of carbonyl (C=O) groups excluding carboxylic acids is 3. The number of amides is 1. The van der Waals surface area contributed by atoms with Gasteiger partial charge in [0.1, 0.15) is 16.4 Å². The zero-order valence-corrected chi connectivity index (χ0v) is 23.6. The first-order valence-corrected chi connectivity index (χ1v) is 13.8. The minimum Gasteiger partial charge on any atom is -0.507 e. The van der Waals surface area contributed by atoms with Gasteiger partial charge in [-0.25, -0.2) is 9.78 Å². The predicted octanol–water partition coefficient (Wildman–Crippen LogP) is 6.20. The number of aliphatic hydroxyl groups is 1. The average Bonchev–Trinajstić information content (AvgIpc) is 3.41. The molecule has 198 valence electrons. The lowest BCUT2D eigenvalue weighted by molar-refractivity contribution is -0.132. The van der Waals surface area contributed by atoms with E-state index in [9.17, 15) is 19.5 Å². The number of aliphatic hydroxyl groups excluding tert-OH is 1. The molecular formula is C28H27BrN2O6S. The van der Waals surface area contributed by atoms with E-state index in [-0.39, 0.29) is 27.9 Å². The van der Waals surface area contributed by atoms with Crippen LogP contribution in [0.2, 0.25) is 0 Å². The highest BCUT2D eigenvalue weighted by molar-refractivity contribution is 9.10. The normalized spacial score (nSPS) is 16.6. The number of thiazole rings is 1. The van der Waals surface area contributed by atoms with Crippen molar-refractivity contribution in [3.8, 4) is 5.75 Å². The van der Waals surface area contributed by atoms with Crippen molar-refractivity contribution in [2.45, 2.75) is 39.7 Å². The Morgan fingerprint density at radius 2 is 1.79 bits per heavy atom. The first kappa shape index (κ1) is 27.5. The molecular weight excluding hydrogens is 572 g/mol. The molecule has 0 spiro atoms. The van der Waals surface area contributed by atoms with Crippen LogP contribution in [0.4, 0.5) is 5.13 Å². The van der Waals surface area contributed by atoms with Gasteiger partial charge in [-0.1, -0.05) is 52.7 Å². The minimum absolute atomic E-state index is 0.0671. The Morgan fingerprint density at radius 3 is 2.42 bits per heavy atom. The Bertz CT molecular complexity index is 1380. The highest BCUT2D eigenvalue weighted by Crippen LogP contribution is 2.44. The van der Waals surface area contributed by atoms with Gasteiger partial charge in [-0.15, -0.1) is 0 Å². The lowest BCUT2D eigenvalue weighted by Crippen LogP contribution is -2.29. The van der Waals surface area contributed by atoms with Crippen molar-refractivity contribution in [2.75, 3.05) is 18.1 Å². The van der Waals surface area contributed by atoms with Gasteiger partial charge in [0.15, 0.2) is 5.13 Å². The summed E-state index contributed by atoms with van der Waals surface area (Å²) in [6.07, 6.45) is 1.93. The van der Waals surface area contributed by atoms with Crippen LogP contribution in [0.5, 0.6) is 5.75 Å². The van der Waals surface area contributed by atoms with Crippen molar-refractivity contribution in [2.24, 2.45) is 0 Å². The molecule has 10 heteroatoms. The fourth-order valence-corrected chi connectivity index (χ4v) is 5.31. The van der Waals surface area contributed by atoms with Crippen LogP contribution < -0.4 is 9.64 Å². The number of Topliss-reactive ketones (excluding diaryl/α,β-unsaturated/α-hetero) is 1. The molecule has 1 aliphatic rings. The number of ketones is 1. The first-order chi connectivity index (χ1) is 18.3. The largest absolute Gasteiger partial charge is 0.507 e. The second kappa shape index (κ2) is 11.9. The summed E-state index contributed by atoms with van der Waals surface area (Å²) < 4.78 is 11.6. The number of esters is 1. The van der Waals surface area contributed by atoms with E-state index in [2.05, 4.69) is 27.8 Å². The van der Waals surface area contributed by atoms with Gasteiger partial charge in [0.2, 0.25) is 0 Å². The van der Waals surface area contributed by atoms with Crippen LogP contribution in [-0.4, -0.2) is 41.0 Å². The van der Waals surface area contributed by atoms with E-state index < -0.39 is 23.7 Å². The second-order valence-corrected chi connectivity index (χ2v) is 10.5. The van der Waals surface area contributed by atoms with Crippen molar-refractivity contribution in [3.05, 3.63) is 80.3 Å². The fourth-order valence-electron chi connectivity index (χ4n) is 4.06. The lowest BCUT2D eigenvalue weighted by atomic mass is 9.95. The third kappa shape index (κ3) is 5.51. The molecule has 2 heterocycles. The summed E-state index contributed by atoms with van der Waals surface area (Å²) >= 11 is 4.38. The zero-order valence-electron chi connectivity index (χ0n) is 21.2. The Balaban J connectivity index is 1.80. The molecule has 1 amide bonds. The van der Waals surface area contributed by atoms with Crippen LogP contribution in [0, 0.1) is 6.92 Å². The van der Waals surface area contributed by atoms with Crippen LogP contribution in [-0.2, 0) is 14.3 Å². The first-order valence-electron chi connectivity index (χ1n) is 12.2. The Labute approximate surface area is 233 Å². The zero-order chi connectivity index (χ0) is 27.4. The molecule has 0 aliphatic carbocycles. The van der Waals surface area contributed by atoms with Gasteiger partial charge in [0, 0.05) is 10.0 Å². The van der Waals surface area contributed by atoms with E-state index >= 15 is 0 Å². The Morgan fingerprint density at radius 1 is 1.11 bits per heavy atom. The maximum atomic E-state index is 13.4. The molecule has 38 heavy (non-hydrogen) atoms. The molecule has 1 aromatic heterocycles. The number of halogens is 1. The van der Waals surface area contributed by atoms with Gasteiger partial charge in [-0.05, 0) is 62.2 Å². The quantitative estimate of drug-likeness (QED) is 0.103. The summed E-state index contributed by atoms with van der Waals surface area (Å²) in [4.78, 5) is 45.1. The molecule has 3 aromatic rings. The minimum atomic E-state index is -0.954. The van der Waals surface area contributed by atoms with Crippen LogP contribution in [0.15, 0.2) is 58.6 Å². The number of aromatic nitrogens is 1. The summed E-state index contributed by atoms with van der Waals surface area (Å²) in [7, 11) is 0. The van der Waals surface area contributed by atoms with Gasteiger partial charge < -0.3 is 14.6 Å². The molecule has 1 atom stereocenters. The molecule has 0 saturated carbocycles. The number of carbonyl (C=O) groups is 3. The number of hydrogen-bond donors (Lipinski definition) is 1. The molecule has 8 nitrogen and oxygen atoms in total. The van der Waals surface area contributed by atoms with Gasteiger partial charge >= 0.3 is 11.9 Å². The lowest BCUT2D eigenvalue weighted by Gasteiger charge is -2.23. The SMILES string of the molecule is CCCCOc1ccc(/C(O)=C2/C(=O)C(=O)N(c3nc(C)c(C(=O)OCC)s3)C2c2ccc(Br)cc2)cc1. The number of anilines is 1. The van der Waals surface area contributed by atoms with Crippen molar-refractivity contribution in [1.29, 1.82) is 0 Å². The summed E-state index contributed by atoms with van der Waals surface area (Å²) in [5.41, 5.74) is 1.29. The van der Waals surface area contributed by atoms with Crippen molar-refractivity contribution < 1.29 is 29.0 Å². The van der Waals surface area contributed by atoms with Crippen molar-refractivity contribution in [1.82, 2.24) is 4.98 Å². The average molecular weight is 600 g/mol. The maximum Gasteiger partial charge on any atom is 0.350 e. The molecule has 2 aromatic carbocycles. The third-order valence-electron chi connectivity index (χ3n) is 5.98. The molecule has 1 fully saturated rings. The standard InChI is InChI=1S/C28H27BrN2O6S/c1-4-6-15-37-20-13-9-18(10-14-20)23(32)21-22(17-7-11-19(29)12-8-17)31(26(34)24(21)33)28-30-16(3)25(38-28)27(35)36-5-2/h7-14,22,32H,4-6,15H2,1-3H3/b23-21-. The van der Waals surface area contributed by atoms with E-state index in [0.717, 1.165) is 28.7 Å². The van der Waals surface area contributed by atoms with E-state index in [0.29, 0.717) is 29.2 Å². The van der Waals surface area contributed by atoms with Crippen LogP contribution in [0.25, 0.3) is 5.76 Å². The smallest absolute Gasteiger partial charge is 0.350 e. The van der Waals surface area contributed by atoms with Crippen molar-refractivity contribution >= 4 is 55.8 Å². The van der Waals surface area contributed by atoms with E-state index in [1.807, 2.05) is 0 Å². The van der Waals surface area contributed by atoms with Crippen molar-refractivity contribution in [3.63, 3.8) is 0 Å². The Hall–Kier alpha value is -3.50. The number of benzene rings is 2. The highest BCUT2D eigenvalue weighted by Gasteiger charge is 2.48. The maximum absolute atomic E-state index is 13.4. The molecule has 1 unspecified atom stereocenters. The van der Waals surface area contributed by atoms with E-state index in [1.54, 1.807) is 62.4 Å². The van der Waals surface area contributed by atoms with Gasteiger partial charge in [-0.3, -0.25) is 14.5 Å². The monoisotopic (exact) mass is 598 g/mol. The second-order valence-electron chi connectivity index (χ2n) is 8.58.